The second kappa shape index (κ2) is 6.93. The van der Waals surface area contributed by atoms with Crippen molar-refractivity contribution in [2.24, 2.45) is 0 Å². The number of fused-ring (bicyclic) bond motifs is 1. The van der Waals surface area contributed by atoms with E-state index in [-0.39, 0.29) is 18.0 Å². The fraction of sp³-hybridized carbons (Fsp3) is 0.737. The van der Waals surface area contributed by atoms with Gasteiger partial charge in [0.2, 0.25) is 5.91 Å². The Morgan fingerprint density at radius 3 is 2.46 bits per heavy atom. The molecule has 1 aromatic rings. The van der Waals surface area contributed by atoms with Crippen LogP contribution >= 0.6 is 0 Å². The molecule has 7 heteroatoms. The van der Waals surface area contributed by atoms with Crippen LogP contribution in [0.1, 0.15) is 64.6 Å². The van der Waals surface area contributed by atoms with Crippen LogP contribution < -0.4 is 0 Å². The maximum absolute atomic E-state index is 12.6. The summed E-state index contributed by atoms with van der Waals surface area (Å²) in [5.74, 6) is 0.536. The molecule has 3 heterocycles. The second-order valence-corrected chi connectivity index (χ2v) is 8.47. The summed E-state index contributed by atoms with van der Waals surface area (Å²) in [5.41, 5.74) is 1.82. The summed E-state index contributed by atoms with van der Waals surface area (Å²) in [4.78, 5) is 27.8. The van der Waals surface area contributed by atoms with Gasteiger partial charge in [0.05, 0.1) is 31.0 Å². The van der Waals surface area contributed by atoms with Crippen molar-refractivity contribution < 1.29 is 14.3 Å². The Morgan fingerprint density at radius 2 is 1.88 bits per heavy atom. The van der Waals surface area contributed by atoms with Crippen LogP contribution in [0.2, 0.25) is 0 Å². The highest BCUT2D eigenvalue weighted by atomic mass is 16.6. The molecule has 2 amide bonds. The first-order valence-corrected chi connectivity index (χ1v) is 9.45. The lowest BCUT2D eigenvalue weighted by Crippen LogP contribution is -2.47. The van der Waals surface area contributed by atoms with E-state index >= 15 is 0 Å². The van der Waals surface area contributed by atoms with E-state index in [4.69, 9.17) is 4.74 Å². The highest BCUT2D eigenvalue weighted by Gasteiger charge is 2.34. The summed E-state index contributed by atoms with van der Waals surface area (Å²) in [5, 5.41) is 4.56. The Morgan fingerprint density at radius 1 is 1.23 bits per heavy atom. The van der Waals surface area contributed by atoms with Crippen molar-refractivity contribution in [2.75, 3.05) is 13.1 Å². The number of amides is 2. The van der Waals surface area contributed by atoms with Crippen LogP contribution in [-0.4, -0.2) is 56.3 Å². The largest absolute Gasteiger partial charge is 0.444 e. The van der Waals surface area contributed by atoms with Crippen LogP contribution in [0, 0.1) is 0 Å². The molecule has 3 rings (SSSR count). The molecular weight excluding hydrogens is 332 g/mol. The summed E-state index contributed by atoms with van der Waals surface area (Å²) in [6, 6.07) is 0.0460. The van der Waals surface area contributed by atoms with Gasteiger partial charge in [0.15, 0.2) is 0 Å². The number of hydrogen-bond donors (Lipinski definition) is 0. The molecule has 1 aromatic heterocycles. The maximum Gasteiger partial charge on any atom is 0.410 e. The summed E-state index contributed by atoms with van der Waals surface area (Å²) < 4.78 is 7.60. The van der Waals surface area contributed by atoms with Gasteiger partial charge in [0.1, 0.15) is 5.60 Å². The van der Waals surface area contributed by atoms with Crippen LogP contribution in [0.15, 0.2) is 6.20 Å². The van der Waals surface area contributed by atoms with Crippen molar-refractivity contribution in [3.05, 3.63) is 17.5 Å². The number of aromatic nitrogens is 2. The average Bonchev–Trinajstić information content (AvgIpc) is 2.95. The van der Waals surface area contributed by atoms with Gasteiger partial charge in [0.25, 0.3) is 0 Å². The van der Waals surface area contributed by atoms with E-state index in [1.807, 2.05) is 43.5 Å². The SMILES string of the molecule is CC(=O)N1CCC(c2cnn3c2CN(C(=O)OC(C)(C)C)C(C)C3)CC1. The summed E-state index contributed by atoms with van der Waals surface area (Å²) in [7, 11) is 0. The molecule has 26 heavy (non-hydrogen) atoms. The minimum atomic E-state index is -0.503. The fourth-order valence-electron chi connectivity index (χ4n) is 3.83. The van der Waals surface area contributed by atoms with E-state index < -0.39 is 5.60 Å². The minimum Gasteiger partial charge on any atom is -0.444 e. The predicted molar refractivity (Wildman–Crippen MR) is 97.7 cm³/mol. The molecular formula is C19H30N4O3. The van der Waals surface area contributed by atoms with E-state index in [2.05, 4.69) is 5.10 Å². The molecule has 0 N–H and O–H groups in total. The van der Waals surface area contributed by atoms with E-state index in [0.29, 0.717) is 19.0 Å². The van der Waals surface area contributed by atoms with Crippen molar-refractivity contribution in [1.82, 2.24) is 19.6 Å². The van der Waals surface area contributed by atoms with Crippen molar-refractivity contribution in [2.45, 2.75) is 78.1 Å². The number of hydrogen-bond acceptors (Lipinski definition) is 4. The molecule has 1 atom stereocenters. The third kappa shape index (κ3) is 3.86. The Hall–Kier alpha value is -2.05. The highest BCUT2D eigenvalue weighted by molar-refractivity contribution is 5.73. The van der Waals surface area contributed by atoms with E-state index in [1.54, 1.807) is 11.8 Å². The van der Waals surface area contributed by atoms with Crippen molar-refractivity contribution in [1.29, 1.82) is 0 Å². The van der Waals surface area contributed by atoms with Gasteiger partial charge in [-0.05, 0) is 52.0 Å². The lowest BCUT2D eigenvalue weighted by Gasteiger charge is -2.37. The molecule has 1 fully saturated rings. The second-order valence-electron chi connectivity index (χ2n) is 8.47. The summed E-state index contributed by atoms with van der Waals surface area (Å²) >= 11 is 0. The highest BCUT2D eigenvalue weighted by Crippen LogP contribution is 2.33. The number of ether oxygens (including phenoxy) is 1. The molecule has 0 radical (unpaired) electrons. The van der Waals surface area contributed by atoms with Crippen molar-refractivity contribution in [3.63, 3.8) is 0 Å². The molecule has 7 nitrogen and oxygen atoms in total. The zero-order valence-corrected chi connectivity index (χ0v) is 16.5. The first-order chi connectivity index (χ1) is 12.2. The van der Waals surface area contributed by atoms with Crippen LogP contribution in [-0.2, 0) is 22.6 Å². The zero-order valence-electron chi connectivity index (χ0n) is 16.5. The molecule has 2 aliphatic rings. The minimum absolute atomic E-state index is 0.0460. The van der Waals surface area contributed by atoms with Gasteiger partial charge in [-0.25, -0.2) is 4.79 Å². The molecule has 144 valence electrons. The number of carbonyl (C=O) groups excluding carboxylic acids is 2. The smallest absolute Gasteiger partial charge is 0.410 e. The zero-order chi connectivity index (χ0) is 19.1. The Kier molecular flexibility index (Phi) is 4.99. The van der Waals surface area contributed by atoms with Crippen molar-refractivity contribution in [3.8, 4) is 0 Å². The van der Waals surface area contributed by atoms with Gasteiger partial charge in [-0.15, -0.1) is 0 Å². The number of piperidine rings is 1. The molecule has 0 spiro atoms. The summed E-state index contributed by atoms with van der Waals surface area (Å²) in [6.07, 6.45) is 3.57. The van der Waals surface area contributed by atoms with Crippen LogP contribution in [0.3, 0.4) is 0 Å². The van der Waals surface area contributed by atoms with Gasteiger partial charge in [-0.1, -0.05) is 0 Å². The normalized spacial score (nSPS) is 21.5. The lowest BCUT2D eigenvalue weighted by molar-refractivity contribution is -0.129. The van der Waals surface area contributed by atoms with Gasteiger partial charge in [-0.3, -0.25) is 14.4 Å². The molecule has 0 bridgehead atoms. The average molecular weight is 362 g/mol. The monoisotopic (exact) mass is 362 g/mol. The van der Waals surface area contributed by atoms with E-state index in [9.17, 15) is 9.59 Å². The molecule has 0 aromatic carbocycles. The van der Waals surface area contributed by atoms with Gasteiger partial charge in [0, 0.05) is 20.0 Å². The Bertz CT molecular complexity index is 683. The standard InChI is InChI=1S/C19H30N4O3/c1-13-11-23-17(12-22(13)18(25)26-19(3,4)5)16(10-20-23)15-6-8-21(9-7-15)14(2)24/h10,13,15H,6-9,11-12H2,1-5H3. The molecule has 1 saturated heterocycles. The first kappa shape index (κ1) is 18.7. The third-order valence-corrected chi connectivity index (χ3v) is 5.28. The van der Waals surface area contributed by atoms with E-state index in [0.717, 1.165) is 31.6 Å². The number of carbonyl (C=O) groups is 2. The summed E-state index contributed by atoms with van der Waals surface area (Å²) in [6.45, 7) is 12.1. The molecule has 0 saturated carbocycles. The van der Waals surface area contributed by atoms with Gasteiger partial charge >= 0.3 is 6.09 Å². The first-order valence-electron chi connectivity index (χ1n) is 9.45. The maximum atomic E-state index is 12.6. The third-order valence-electron chi connectivity index (χ3n) is 5.28. The lowest BCUT2D eigenvalue weighted by atomic mass is 9.89. The Labute approximate surface area is 155 Å². The predicted octanol–water partition coefficient (Wildman–Crippen LogP) is 2.75. The van der Waals surface area contributed by atoms with Gasteiger partial charge < -0.3 is 9.64 Å². The van der Waals surface area contributed by atoms with Crippen LogP contribution in [0.5, 0.6) is 0 Å². The van der Waals surface area contributed by atoms with Crippen LogP contribution in [0.25, 0.3) is 0 Å². The number of rotatable bonds is 1. The number of nitrogens with zero attached hydrogens (tertiary/aromatic N) is 4. The topological polar surface area (TPSA) is 67.7 Å². The number of likely N-dealkylation sites (tertiary alicyclic amines) is 1. The molecule has 2 aliphatic heterocycles. The molecule has 1 unspecified atom stereocenters. The molecule has 0 aliphatic carbocycles. The quantitative estimate of drug-likeness (QED) is 0.770. The van der Waals surface area contributed by atoms with E-state index in [1.165, 1.54) is 5.56 Å². The van der Waals surface area contributed by atoms with Crippen LogP contribution in [0.4, 0.5) is 4.79 Å². The van der Waals surface area contributed by atoms with Crippen molar-refractivity contribution >= 4 is 12.0 Å². The van der Waals surface area contributed by atoms with Gasteiger partial charge in [-0.2, -0.15) is 5.10 Å². The Balaban J connectivity index is 1.75. The fourth-order valence-corrected chi connectivity index (χ4v) is 3.83.